The Morgan fingerprint density at radius 3 is 2.61 bits per heavy atom. The summed E-state index contributed by atoms with van der Waals surface area (Å²) in [6.07, 6.45) is 0.871. The topological polar surface area (TPSA) is 75.7 Å². The minimum absolute atomic E-state index is 0.250. The molecule has 0 aromatic heterocycles. The van der Waals surface area contributed by atoms with Crippen molar-refractivity contribution >= 4 is 33.2 Å². The number of methoxy groups -OCH3 is 1. The molecule has 150 valence electrons. The first-order valence-corrected chi connectivity index (χ1v) is 10.8. The number of nitrogens with zero attached hydrogens (tertiary/aromatic N) is 1. The Labute approximate surface area is 170 Å². The summed E-state index contributed by atoms with van der Waals surface area (Å²) < 4.78 is 31.5. The normalized spacial score (nSPS) is 21.8. The molecule has 1 atom stereocenters. The van der Waals surface area contributed by atoms with Gasteiger partial charge in [-0.1, -0.05) is 41.9 Å². The molecule has 1 N–H and O–H groups in total. The minimum atomic E-state index is -3.84. The van der Waals surface area contributed by atoms with E-state index in [0.717, 1.165) is 5.56 Å². The zero-order chi connectivity index (χ0) is 20.4. The van der Waals surface area contributed by atoms with E-state index in [2.05, 4.69) is 5.32 Å². The zero-order valence-corrected chi connectivity index (χ0v) is 17.4. The number of sulfonamides is 1. The Kier molecular flexibility index (Phi) is 5.98. The van der Waals surface area contributed by atoms with Gasteiger partial charge in [0.05, 0.1) is 12.1 Å². The highest BCUT2D eigenvalue weighted by molar-refractivity contribution is 7.91. The molecule has 8 heteroatoms. The Balaban J connectivity index is 1.82. The number of benzene rings is 2. The van der Waals surface area contributed by atoms with E-state index in [1.165, 1.54) is 18.3 Å². The monoisotopic (exact) mass is 422 g/mol. The van der Waals surface area contributed by atoms with Crippen LogP contribution >= 0.6 is 11.6 Å². The molecule has 1 heterocycles. The van der Waals surface area contributed by atoms with Gasteiger partial charge in [0.25, 0.3) is 0 Å². The number of hydrogen-bond acceptors (Lipinski definition) is 4. The fourth-order valence-corrected chi connectivity index (χ4v) is 5.52. The molecule has 0 unspecified atom stereocenters. The van der Waals surface area contributed by atoms with Gasteiger partial charge < -0.3 is 10.1 Å². The molecule has 6 nitrogen and oxygen atoms in total. The van der Waals surface area contributed by atoms with Gasteiger partial charge in [0.1, 0.15) is 5.75 Å². The molecule has 1 aliphatic heterocycles. The largest absolute Gasteiger partial charge is 0.495 e. The van der Waals surface area contributed by atoms with Crippen LogP contribution in [0, 0.1) is 0 Å². The summed E-state index contributed by atoms with van der Waals surface area (Å²) in [5.41, 5.74) is 1.31. The average molecular weight is 423 g/mol. The number of amides is 1. The lowest BCUT2D eigenvalue weighted by atomic mass is 10.0. The summed E-state index contributed by atoms with van der Waals surface area (Å²) in [6.45, 7) is 2.13. The molecule has 0 saturated carbocycles. The molecule has 3 rings (SSSR count). The van der Waals surface area contributed by atoms with Crippen LogP contribution in [0.4, 0.5) is 5.69 Å². The molecule has 0 aliphatic carbocycles. The average Bonchev–Trinajstić information content (AvgIpc) is 2.67. The van der Waals surface area contributed by atoms with E-state index in [4.69, 9.17) is 16.3 Å². The molecule has 0 bridgehead atoms. The van der Waals surface area contributed by atoms with Gasteiger partial charge in [-0.3, -0.25) is 4.79 Å². The zero-order valence-electron chi connectivity index (χ0n) is 15.8. The van der Waals surface area contributed by atoms with Crippen molar-refractivity contribution < 1.29 is 17.9 Å². The van der Waals surface area contributed by atoms with Crippen molar-refractivity contribution in [3.8, 4) is 5.75 Å². The van der Waals surface area contributed by atoms with Crippen LogP contribution in [0.2, 0.25) is 5.02 Å². The SMILES string of the molecule is COc1ccc(NC(=O)[C@@]2(C)CCCN(Cc3ccccc3)S2(=O)=O)cc1Cl. The molecular formula is C20H23ClN2O4S. The minimum Gasteiger partial charge on any atom is -0.495 e. The first-order chi connectivity index (χ1) is 13.3. The second-order valence-corrected chi connectivity index (χ2v) is 9.74. The van der Waals surface area contributed by atoms with Crippen molar-refractivity contribution in [1.29, 1.82) is 0 Å². The fourth-order valence-electron chi connectivity index (χ4n) is 3.32. The molecule has 1 amide bonds. The molecule has 1 aliphatic rings. The third-order valence-corrected chi connectivity index (χ3v) is 7.88. The van der Waals surface area contributed by atoms with Crippen molar-refractivity contribution in [2.24, 2.45) is 0 Å². The van der Waals surface area contributed by atoms with E-state index in [0.29, 0.717) is 29.4 Å². The van der Waals surface area contributed by atoms with Crippen molar-refractivity contribution in [2.45, 2.75) is 31.1 Å². The highest BCUT2D eigenvalue weighted by Crippen LogP contribution is 2.35. The quantitative estimate of drug-likeness (QED) is 0.797. The Hall–Kier alpha value is -2.09. The van der Waals surface area contributed by atoms with Gasteiger partial charge >= 0.3 is 0 Å². The lowest BCUT2D eigenvalue weighted by Gasteiger charge is -2.38. The number of anilines is 1. The highest BCUT2D eigenvalue weighted by Gasteiger charge is 2.51. The molecule has 0 spiro atoms. The summed E-state index contributed by atoms with van der Waals surface area (Å²) >= 11 is 6.10. The predicted octanol–water partition coefficient (Wildman–Crippen LogP) is 3.67. The maximum Gasteiger partial charge on any atom is 0.246 e. The van der Waals surface area contributed by atoms with Gasteiger partial charge in [-0.2, -0.15) is 4.31 Å². The third-order valence-electron chi connectivity index (χ3n) is 5.06. The maximum atomic E-state index is 13.3. The van der Waals surface area contributed by atoms with Crippen LogP contribution in [0.5, 0.6) is 5.75 Å². The predicted molar refractivity (Wildman–Crippen MR) is 110 cm³/mol. The van der Waals surface area contributed by atoms with E-state index in [1.54, 1.807) is 18.2 Å². The maximum absolute atomic E-state index is 13.3. The van der Waals surface area contributed by atoms with Crippen LogP contribution < -0.4 is 10.1 Å². The summed E-state index contributed by atoms with van der Waals surface area (Å²) in [6, 6.07) is 14.2. The Morgan fingerprint density at radius 1 is 1.25 bits per heavy atom. The van der Waals surface area contributed by atoms with E-state index in [9.17, 15) is 13.2 Å². The van der Waals surface area contributed by atoms with Crippen LogP contribution in [0.1, 0.15) is 25.3 Å². The first kappa shape index (κ1) is 20.6. The number of halogens is 1. The molecular weight excluding hydrogens is 400 g/mol. The third kappa shape index (κ3) is 3.87. The van der Waals surface area contributed by atoms with Gasteiger partial charge in [-0.15, -0.1) is 0 Å². The van der Waals surface area contributed by atoms with Gasteiger partial charge in [0.2, 0.25) is 15.9 Å². The highest BCUT2D eigenvalue weighted by atomic mass is 35.5. The van der Waals surface area contributed by atoms with Crippen molar-refractivity contribution in [2.75, 3.05) is 19.0 Å². The lowest BCUT2D eigenvalue weighted by Crippen LogP contribution is -2.56. The lowest BCUT2D eigenvalue weighted by molar-refractivity contribution is -0.118. The van der Waals surface area contributed by atoms with Crippen molar-refractivity contribution in [3.05, 3.63) is 59.1 Å². The van der Waals surface area contributed by atoms with Crippen molar-refractivity contribution in [3.63, 3.8) is 0 Å². The van der Waals surface area contributed by atoms with E-state index in [1.807, 2.05) is 30.3 Å². The van der Waals surface area contributed by atoms with Crippen LogP contribution in [0.15, 0.2) is 48.5 Å². The summed E-state index contributed by atoms with van der Waals surface area (Å²) in [4.78, 5) is 13.0. The molecule has 28 heavy (non-hydrogen) atoms. The van der Waals surface area contributed by atoms with Crippen LogP contribution in [0.25, 0.3) is 0 Å². The van der Waals surface area contributed by atoms with Crippen LogP contribution in [0.3, 0.4) is 0 Å². The van der Waals surface area contributed by atoms with E-state index < -0.39 is 20.7 Å². The number of nitrogens with one attached hydrogen (secondary N) is 1. The van der Waals surface area contributed by atoms with E-state index >= 15 is 0 Å². The summed E-state index contributed by atoms with van der Waals surface area (Å²) in [7, 11) is -2.34. The second-order valence-electron chi connectivity index (χ2n) is 6.96. The number of rotatable bonds is 5. The number of ether oxygens (including phenoxy) is 1. The summed E-state index contributed by atoms with van der Waals surface area (Å²) in [5.74, 6) is -0.0864. The Morgan fingerprint density at radius 2 is 1.96 bits per heavy atom. The molecule has 2 aromatic carbocycles. The second kappa shape index (κ2) is 8.11. The molecule has 1 fully saturated rings. The number of carbonyl (C=O) groups is 1. The fraction of sp³-hybridized carbons (Fsp3) is 0.350. The van der Waals surface area contributed by atoms with Gasteiger partial charge in [-0.25, -0.2) is 8.42 Å². The Bertz CT molecular complexity index is 965. The standard InChI is InChI=1S/C20H23ClN2O4S/c1-20(19(24)22-16-9-10-18(27-2)17(21)13-16)11-6-12-23(28(20,25)26)14-15-7-4-3-5-8-15/h3-5,7-10,13H,6,11-12,14H2,1-2H3,(H,22,24)/t20-/m1/s1. The molecule has 2 aromatic rings. The smallest absolute Gasteiger partial charge is 0.246 e. The van der Waals surface area contributed by atoms with Gasteiger partial charge in [0.15, 0.2) is 4.75 Å². The van der Waals surface area contributed by atoms with Gasteiger partial charge in [-0.05, 0) is 43.5 Å². The van der Waals surface area contributed by atoms with Crippen molar-refractivity contribution in [1.82, 2.24) is 4.31 Å². The summed E-state index contributed by atoms with van der Waals surface area (Å²) in [5, 5.41) is 3.04. The molecule has 0 radical (unpaired) electrons. The number of carbonyl (C=O) groups excluding carboxylic acids is 1. The van der Waals surface area contributed by atoms with Crippen LogP contribution in [-0.2, 0) is 21.4 Å². The number of hydrogen-bond donors (Lipinski definition) is 1. The first-order valence-electron chi connectivity index (χ1n) is 8.96. The molecule has 1 saturated heterocycles. The van der Waals surface area contributed by atoms with Crippen LogP contribution in [-0.4, -0.2) is 37.0 Å². The van der Waals surface area contributed by atoms with E-state index in [-0.39, 0.29) is 13.0 Å². The van der Waals surface area contributed by atoms with Gasteiger partial charge in [0, 0.05) is 18.8 Å².